The number of hydrogen-bond donors (Lipinski definition) is 0. The van der Waals surface area contributed by atoms with E-state index < -0.39 is 0 Å². The van der Waals surface area contributed by atoms with Gasteiger partial charge in [-0.15, -0.1) is 11.3 Å². The lowest BCUT2D eigenvalue weighted by Gasteiger charge is -2.30. The summed E-state index contributed by atoms with van der Waals surface area (Å²) in [6.07, 6.45) is 0. The Hall–Kier alpha value is -5.96. The van der Waals surface area contributed by atoms with Crippen LogP contribution in [0, 0.1) is 0 Å². The summed E-state index contributed by atoms with van der Waals surface area (Å²) < 4.78 is 2.66. The molecule has 0 aliphatic heterocycles. The third-order valence-electron chi connectivity index (χ3n) is 10.9. The Morgan fingerprint density at radius 3 is 1.98 bits per heavy atom. The van der Waals surface area contributed by atoms with Crippen LogP contribution in [0.5, 0.6) is 0 Å². The third kappa shape index (κ3) is 4.75. The van der Waals surface area contributed by atoms with Crippen molar-refractivity contribution >= 4 is 59.3 Å². The van der Waals surface area contributed by atoms with E-state index in [1.807, 2.05) is 11.3 Å². The Kier molecular flexibility index (Phi) is 6.78. The van der Waals surface area contributed by atoms with Crippen LogP contribution in [0.4, 0.5) is 17.1 Å². The van der Waals surface area contributed by atoms with Gasteiger partial charge in [0.1, 0.15) is 0 Å². The first-order chi connectivity index (χ1) is 25.0. The summed E-state index contributed by atoms with van der Waals surface area (Å²) in [5.74, 6) is 0. The van der Waals surface area contributed by atoms with Crippen LogP contribution in [-0.2, 0) is 5.41 Å². The number of rotatable bonds is 5. The van der Waals surface area contributed by atoms with E-state index >= 15 is 0 Å². The molecule has 1 nitrogen and oxygen atoms in total. The van der Waals surface area contributed by atoms with Crippen molar-refractivity contribution < 1.29 is 0 Å². The van der Waals surface area contributed by atoms with Gasteiger partial charge in [-0.3, -0.25) is 0 Å². The zero-order chi connectivity index (χ0) is 34.1. The first kappa shape index (κ1) is 29.9. The highest BCUT2D eigenvalue weighted by molar-refractivity contribution is 7.26. The quantitative estimate of drug-likeness (QED) is 0.176. The molecule has 51 heavy (non-hydrogen) atoms. The molecule has 1 aliphatic carbocycles. The van der Waals surface area contributed by atoms with Crippen LogP contribution in [0.25, 0.3) is 64.3 Å². The molecule has 9 aromatic rings. The molecule has 0 N–H and O–H groups in total. The van der Waals surface area contributed by atoms with Gasteiger partial charge in [-0.25, -0.2) is 0 Å². The van der Waals surface area contributed by atoms with Crippen LogP contribution < -0.4 is 4.90 Å². The fourth-order valence-corrected chi connectivity index (χ4v) is 9.48. The van der Waals surface area contributed by atoms with Crippen LogP contribution in [0.3, 0.4) is 0 Å². The molecule has 0 spiro atoms. The lowest BCUT2D eigenvalue weighted by atomic mass is 9.82. The first-order valence-corrected chi connectivity index (χ1v) is 18.5. The second-order valence-corrected chi connectivity index (χ2v) is 15.2. The molecule has 0 radical (unpaired) electrons. The summed E-state index contributed by atoms with van der Waals surface area (Å²) in [5, 5.41) is 5.31. The normalized spacial score (nSPS) is 13.1. The maximum atomic E-state index is 2.44. The van der Waals surface area contributed by atoms with Crippen molar-refractivity contribution in [1.82, 2.24) is 0 Å². The molecule has 0 saturated carbocycles. The zero-order valence-electron chi connectivity index (χ0n) is 28.6. The van der Waals surface area contributed by atoms with Crippen molar-refractivity contribution in [2.24, 2.45) is 0 Å². The lowest BCUT2D eigenvalue weighted by molar-refractivity contribution is 0.660. The fraction of sp³-hybridized carbons (Fsp3) is 0.0612. The molecular formula is C49H35NS. The minimum absolute atomic E-state index is 0.0893. The summed E-state index contributed by atoms with van der Waals surface area (Å²) in [6, 6.07) is 64.8. The lowest BCUT2D eigenvalue weighted by Crippen LogP contribution is -2.16. The molecule has 0 amide bonds. The van der Waals surface area contributed by atoms with Gasteiger partial charge in [-0.05, 0) is 92.2 Å². The van der Waals surface area contributed by atoms with E-state index in [1.54, 1.807) is 0 Å². The van der Waals surface area contributed by atoms with Gasteiger partial charge in [-0.1, -0.05) is 147 Å². The van der Waals surface area contributed by atoms with Gasteiger partial charge in [0.2, 0.25) is 0 Å². The van der Waals surface area contributed by atoms with E-state index in [0.29, 0.717) is 0 Å². The molecule has 0 unspecified atom stereocenters. The van der Waals surface area contributed by atoms with Crippen molar-refractivity contribution in [3.05, 3.63) is 187 Å². The van der Waals surface area contributed by atoms with Crippen LogP contribution in [0.2, 0.25) is 0 Å². The van der Waals surface area contributed by atoms with Crippen LogP contribution in [-0.4, -0.2) is 0 Å². The van der Waals surface area contributed by atoms with Gasteiger partial charge < -0.3 is 4.90 Å². The van der Waals surface area contributed by atoms with E-state index in [9.17, 15) is 0 Å². The second-order valence-electron chi connectivity index (χ2n) is 14.1. The molecule has 1 aliphatic rings. The Bertz CT molecular complexity index is 2770. The topological polar surface area (TPSA) is 3.24 Å². The largest absolute Gasteiger partial charge is 0.310 e. The summed E-state index contributed by atoms with van der Waals surface area (Å²) >= 11 is 1.88. The van der Waals surface area contributed by atoms with E-state index in [2.05, 4.69) is 195 Å². The highest BCUT2D eigenvalue weighted by Crippen LogP contribution is 2.51. The molecule has 10 rings (SSSR count). The number of para-hydroxylation sites is 1. The SMILES string of the molecule is CC1(C)c2ccccc2-c2ccc(N(c3ccc(-c4ccc5c(c4)sc4ccc6ccccc6c45)cc3)c3ccccc3-c3ccccc3)cc21. The number of hydrogen-bond acceptors (Lipinski definition) is 2. The number of thiophene rings is 1. The van der Waals surface area contributed by atoms with Crippen LogP contribution in [0.1, 0.15) is 25.0 Å². The maximum Gasteiger partial charge on any atom is 0.0540 e. The van der Waals surface area contributed by atoms with Gasteiger partial charge in [0.25, 0.3) is 0 Å². The molecule has 0 fully saturated rings. The Labute approximate surface area is 302 Å². The predicted molar refractivity (Wildman–Crippen MR) is 220 cm³/mol. The predicted octanol–water partition coefficient (Wildman–Crippen LogP) is 14.3. The molecule has 2 heteroatoms. The van der Waals surface area contributed by atoms with Gasteiger partial charge in [0.05, 0.1) is 5.69 Å². The monoisotopic (exact) mass is 669 g/mol. The van der Waals surface area contributed by atoms with Gasteiger partial charge in [0.15, 0.2) is 0 Å². The standard InChI is InChI=1S/C49H35NS/c1-49(2)43-18-10-8-17-40(43)41-28-26-37(31-44(41)49)50(45-19-11-9-15-38(45)33-12-4-3-5-13-33)36-24-20-32(21-25-36)35-22-27-42-47(30-35)51-46-29-23-34-14-6-7-16-39(34)48(42)46/h3-31H,1-2H3. The van der Waals surface area contributed by atoms with Crippen molar-refractivity contribution in [3.8, 4) is 33.4 Å². The summed E-state index contributed by atoms with van der Waals surface area (Å²) in [6.45, 7) is 4.71. The zero-order valence-corrected chi connectivity index (χ0v) is 29.4. The average molecular weight is 670 g/mol. The third-order valence-corrected chi connectivity index (χ3v) is 12.0. The highest BCUT2D eigenvalue weighted by atomic mass is 32.1. The highest BCUT2D eigenvalue weighted by Gasteiger charge is 2.35. The molecule has 1 heterocycles. The Balaban J connectivity index is 1.10. The van der Waals surface area contributed by atoms with E-state index in [-0.39, 0.29) is 5.41 Å². The molecule has 1 aromatic heterocycles. The summed E-state index contributed by atoms with van der Waals surface area (Å²) in [5.41, 5.74) is 13.6. The fourth-order valence-electron chi connectivity index (χ4n) is 8.32. The first-order valence-electron chi connectivity index (χ1n) is 17.7. The molecular weight excluding hydrogens is 635 g/mol. The molecule has 0 bridgehead atoms. The van der Waals surface area contributed by atoms with Gasteiger partial charge in [-0.2, -0.15) is 0 Å². The van der Waals surface area contributed by atoms with E-state index in [0.717, 1.165) is 17.1 Å². The van der Waals surface area contributed by atoms with Crippen molar-refractivity contribution in [2.75, 3.05) is 4.90 Å². The molecule has 8 aromatic carbocycles. The smallest absolute Gasteiger partial charge is 0.0540 e. The number of benzene rings is 8. The van der Waals surface area contributed by atoms with E-state index in [4.69, 9.17) is 0 Å². The minimum atomic E-state index is -0.0893. The molecule has 0 atom stereocenters. The number of fused-ring (bicyclic) bond motifs is 8. The van der Waals surface area contributed by atoms with Gasteiger partial charge >= 0.3 is 0 Å². The van der Waals surface area contributed by atoms with Crippen LogP contribution >= 0.6 is 11.3 Å². The van der Waals surface area contributed by atoms with Crippen LogP contribution in [0.15, 0.2) is 176 Å². The maximum absolute atomic E-state index is 2.44. The Morgan fingerprint density at radius 1 is 0.431 bits per heavy atom. The Morgan fingerprint density at radius 2 is 1.12 bits per heavy atom. The minimum Gasteiger partial charge on any atom is -0.310 e. The van der Waals surface area contributed by atoms with E-state index in [1.165, 1.54) is 75.5 Å². The average Bonchev–Trinajstić information content (AvgIpc) is 3.67. The number of anilines is 3. The van der Waals surface area contributed by atoms with Gasteiger partial charge in [0, 0.05) is 42.5 Å². The van der Waals surface area contributed by atoms with Crippen molar-refractivity contribution in [2.45, 2.75) is 19.3 Å². The van der Waals surface area contributed by atoms with Crippen molar-refractivity contribution in [1.29, 1.82) is 0 Å². The summed E-state index contributed by atoms with van der Waals surface area (Å²) in [7, 11) is 0. The summed E-state index contributed by atoms with van der Waals surface area (Å²) in [4.78, 5) is 2.44. The van der Waals surface area contributed by atoms with Crippen molar-refractivity contribution in [3.63, 3.8) is 0 Å². The molecule has 242 valence electrons. The number of nitrogens with zero attached hydrogens (tertiary/aromatic N) is 1. The molecule has 0 saturated heterocycles. The second kappa shape index (κ2) is 11.6.